The molecule has 0 aliphatic heterocycles. The van der Waals surface area contributed by atoms with Crippen molar-refractivity contribution in [2.75, 3.05) is 20.2 Å². The van der Waals surface area contributed by atoms with E-state index in [4.69, 9.17) is 4.74 Å². The summed E-state index contributed by atoms with van der Waals surface area (Å²) in [5.74, 6) is 0.844. The second kappa shape index (κ2) is 8.62. The van der Waals surface area contributed by atoms with E-state index in [2.05, 4.69) is 5.32 Å². The Labute approximate surface area is 143 Å². The van der Waals surface area contributed by atoms with Gasteiger partial charge in [0.05, 0.1) is 13.2 Å². The first-order chi connectivity index (χ1) is 11.5. The quantitative estimate of drug-likeness (QED) is 0.577. The summed E-state index contributed by atoms with van der Waals surface area (Å²) in [6, 6.07) is 13.3. The summed E-state index contributed by atoms with van der Waals surface area (Å²) >= 11 is 0. The molecule has 0 radical (unpaired) electrons. The van der Waals surface area contributed by atoms with Crippen molar-refractivity contribution in [2.24, 2.45) is 0 Å². The molecule has 0 fully saturated rings. The van der Waals surface area contributed by atoms with E-state index in [0.29, 0.717) is 19.5 Å². The molecule has 1 unspecified atom stereocenters. The molecule has 0 amide bonds. The van der Waals surface area contributed by atoms with Crippen LogP contribution in [0.1, 0.15) is 39.6 Å². The van der Waals surface area contributed by atoms with Crippen LogP contribution in [0, 0.1) is 13.8 Å². The van der Waals surface area contributed by atoms with Crippen LogP contribution in [0.2, 0.25) is 0 Å². The number of hydrogen-bond acceptors (Lipinski definition) is 4. The molecule has 0 aliphatic carbocycles. The van der Waals surface area contributed by atoms with Crippen LogP contribution in [0.3, 0.4) is 0 Å². The standard InChI is InChI=1S/C20H25NO3/c1-14-7-8-15(2)18(11-14)19(22)9-10-21-13-20(23)16-5-4-6-17(12-16)24-3/h4-8,11-12,20-21,23H,9-10,13H2,1-3H3. The van der Waals surface area contributed by atoms with Crippen molar-refractivity contribution in [3.8, 4) is 5.75 Å². The minimum absolute atomic E-state index is 0.125. The molecule has 0 heterocycles. The highest BCUT2D eigenvalue weighted by atomic mass is 16.5. The van der Waals surface area contributed by atoms with Crippen molar-refractivity contribution in [1.82, 2.24) is 5.32 Å². The van der Waals surface area contributed by atoms with Gasteiger partial charge in [0.15, 0.2) is 5.78 Å². The summed E-state index contributed by atoms with van der Waals surface area (Å²) < 4.78 is 5.16. The van der Waals surface area contributed by atoms with Crippen LogP contribution >= 0.6 is 0 Å². The van der Waals surface area contributed by atoms with E-state index in [1.807, 2.05) is 56.3 Å². The predicted octanol–water partition coefficient (Wildman–Crippen LogP) is 3.21. The van der Waals surface area contributed by atoms with Crippen molar-refractivity contribution in [3.63, 3.8) is 0 Å². The molecule has 0 spiro atoms. The maximum atomic E-state index is 12.3. The molecule has 24 heavy (non-hydrogen) atoms. The summed E-state index contributed by atoms with van der Waals surface area (Å²) in [5.41, 5.74) is 3.67. The van der Waals surface area contributed by atoms with Crippen molar-refractivity contribution < 1.29 is 14.6 Å². The Balaban J connectivity index is 1.81. The first kappa shape index (κ1) is 18.2. The lowest BCUT2D eigenvalue weighted by Crippen LogP contribution is -2.24. The summed E-state index contributed by atoms with van der Waals surface area (Å²) in [4.78, 5) is 12.3. The van der Waals surface area contributed by atoms with Gasteiger partial charge in [0.2, 0.25) is 0 Å². The number of hydrogen-bond donors (Lipinski definition) is 2. The number of nitrogens with one attached hydrogen (secondary N) is 1. The zero-order valence-electron chi connectivity index (χ0n) is 14.5. The topological polar surface area (TPSA) is 58.6 Å². The van der Waals surface area contributed by atoms with Gasteiger partial charge in [-0.05, 0) is 43.2 Å². The Kier molecular flexibility index (Phi) is 6.53. The number of aryl methyl sites for hydroxylation is 2. The summed E-state index contributed by atoms with van der Waals surface area (Å²) in [5, 5.41) is 13.3. The predicted molar refractivity (Wildman–Crippen MR) is 95.7 cm³/mol. The molecule has 0 bridgehead atoms. The number of aliphatic hydroxyl groups is 1. The molecule has 2 aromatic carbocycles. The van der Waals surface area contributed by atoms with Gasteiger partial charge in [-0.3, -0.25) is 4.79 Å². The first-order valence-electron chi connectivity index (χ1n) is 8.14. The van der Waals surface area contributed by atoms with E-state index < -0.39 is 6.10 Å². The zero-order chi connectivity index (χ0) is 17.5. The Hall–Kier alpha value is -2.17. The summed E-state index contributed by atoms with van der Waals surface area (Å²) in [6.07, 6.45) is -0.217. The van der Waals surface area contributed by atoms with Crippen LogP contribution in [-0.2, 0) is 0 Å². The van der Waals surface area contributed by atoms with Gasteiger partial charge in [-0.1, -0.05) is 29.8 Å². The van der Waals surface area contributed by atoms with Gasteiger partial charge in [-0.15, -0.1) is 0 Å². The molecule has 2 aromatic rings. The molecule has 0 saturated carbocycles. The molecule has 2 rings (SSSR count). The van der Waals surface area contributed by atoms with E-state index in [1.165, 1.54) is 0 Å². The van der Waals surface area contributed by atoms with E-state index >= 15 is 0 Å². The lowest BCUT2D eigenvalue weighted by molar-refractivity contribution is 0.0979. The Morgan fingerprint density at radius 1 is 1.21 bits per heavy atom. The lowest BCUT2D eigenvalue weighted by atomic mass is 10.0. The minimum atomic E-state index is -0.629. The molecule has 1 atom stereocenters. The van der Waals surface area contributed by atoms with Gasteiger partial charge in [0.1, 0.15) is 5.75 Å². The number of ketones is 1. The molecule has 4 nitrogen and oxygen atoms in total. The van der Waals surface area contributed by atoms with Gasteiger partial charge in [-0.2, -0.15) is 0 Å². The SMILES string of the molecule is COc1cccc(C(O)CNCCC(=O)c2cc(C)ccc2C)c1. The Morgan fingerprint density at radius 2 is 2.00 bits per heavy atom. The van der Waals surface area contributed by atoms with Crippen molar-refractivity contribution >= 4 is 5.78 Å². The lowest BCUT2D eigenvalue weighted by Gasteiger charge is -2.13. The number of carbonyl (C=O) groups excluding carboxylic acids is 1. The normalized spacial score (nSPS) is 12.0. The number of carbonyl (C=O) groups is 1. The summed E-state index contributed by atoms with van der Waals surface area (Å²) in [7, 11) is 1.60. The van der Waals surface area contributed by atoms with Crippen molar-refractivity contribution in [3.05, 3.63) is 64.7 Å². The third-order valence-corrected chi connectivity index (χ3v) is 4.04. The van der Waals surface area contributed by atoms with E-state index in [9.17, 15) is 9.90 Å². The number of ether oxygens (including phenoxy) is 1. The number of Topliss-reactive ketones (excluding diaryl/α,β-unsaturated/α-hetero) is 1. The average molecular weight is 327 g/mol. The highest BCUT2D eigenvalue weighted by Crippen LogP contribution is 2.18. The molecule has 4 heteroatoms. The molecular weight excluding hydrogens is 302 g/mol. The third kappa shape index (κ3) is 4.91. The highest BCUT2D eigenvalue weighted by molar-refractivity contribution is 5.97. The molecule has 2 N–H and O–H groups in total. The Morgan fingerprint density at radius 3 is 2.75 bits per heavy atom. The van der Waals surface area contributed by atoms with Crippen LogP contribution in [0.15, 0.2) is 42.5 Å². The Bertz CT molecular complexity index is 697. The fourth-order valence-electron chi connectivity index (χ4n) is 2.58. The molecule has 0 saturated heterocycles. The number of rotatable bonds is 8. The van der Waals surface area contributed by atoms with E-state index in [1.54, 1.807) is 7.11 Å². The van der Waals surface area contributed by atoms with Gasteiger partial charge >= 0.3 is 0 Å². The first-order valence-corrected chi connectivity index (χ1v) is 8.14. The van der Waals surface area contributed by atoms with Crippen LogP contribution in [0.5, 0.6) is 5.75 Å². The van der Waals surface area contributed by atoms with Gasteiger partial charge in [0, 0.05) is 25.1 Å². The van der Waals surface area contributed by atoms with Gasteiger partial charge in [0.25, 0.3) is 0 Å². The fourth-order valence-corrected chi connectivity index (χ4v) is 2.58. The maximum Gasteiger partial charge on any atom is 0.164 e. The monoisotopic (exact) mass is 327 g/mol. The average Bonchev–Trinajstić information content (AvgIpc) is 2.60. The number of aliphatic hydroxyl groups excluding tert-OH is 1. The second-order valence-corrected chi connectivity index (χ2v) is 5.99. The highest BCUT2D eigenvalue weighted by Gasteiger charge is 2.11. The van der Waals surface area contributed by atoms with E-state index in [-0.39, 0.29) is 5.78 Å². The fraction of sp³-hybridized carbons (Fsp3) is 0.350. The smallest absolute Gasteiger partial charge is 0.164 e. The van der Waals surface area contributed by atoms with Crippen LogP contribution in [0.4, 0.5) is 0 Å². The maximum absolute atomic E-state index is 12.3. The van der Waals surface area contributed by atoms with Crippen molar-refractivity contribution in [2.45, 2.75) is 26.4 Å². The number of benzene rings is 2. The minimum Gasteiger partial charge on any atom is -0.497 e. The van der Waals surface area contributed by atoms with Crippen molar-refractivity contribution in [1.29, 1.82) is 0 Å². The van der Waals surface area contributed by atoms with E-state index in [0.717, 1.165) is 28.0 Å². The second-order valence-electron chi connectivity index (χ2n) is 5.99. The van der Waals surface area contributed by atoms with Crippen LogP contribution in [0.25, 0.3) is 0 Å². The molecular formula is C20H25NO3. The zero-order valence-corrected chi connectivity index (χ0v) is 14.5. The van der Waals surface area contributed by atoms with Gasteiger partial charge in [-0.25, -0.2) is 0 Å². The van der Waals surface area contributed by atoms with Crippen LogP contribution in [-0.4, -0.2) is 31.1 Å². The number of methoxy groups -OCH3 is 1. The van der Waals surface area contributed by atoms with Gasteiger partial charge < -0.3 is 15.2 Å². The molecule has 0 aliphatic rings. The summed E-state index contributed by atoms with van der Waals surface area (Å²) in [6.45, 7) is 4.87. The largest absolute Gasteiger partial charge is 0.497 e. The third-order valence-electron chi connectivity index (χ3n) is 4.04. The molecule has 0 aromatic heterocycles. The van der Waals surface area contributed by atoms with Crippen LogP contribution < -0.4 is 10.1 Å². The molecule has 128 valence electrons.